The van der Waals surface area contributed by atoms with E-state index in [0.717, 1.165) is 13.0 Å². The van der Waals surface area contributed by atoms with Crippen LogP contribution in [0.3, 0.4) is 0 Å². The van der Waals surface area contributed by atoms with Crippen LogP contribution in [0.1, 0.15) is 62.2 Å². The number of hydrogen-bond donors (Lipinski definition) is 0. The first-order valence-corrected chi connectivity index (χ1v) is 8.23. The van der Waals surface area contributed by atoms with Crippen molar-refractivity contribution in [1.29, 1.82) is 0 Å². The lowest BCUT2D eigenvalue weighted by Crippen LogP contribution is -2.40. The van der Waals surface area contributed by atoms with Crippen LogP contribution >= 0.6 is 0 Å². The normalized spacial score (nSPS) is 19.6. The van der Waals surface area contributed by atoms with Crippen molar-refractivity contribution < 1.29 is 9.18 Å². The predicted octanol–water partition coefficient (Wildman–Crippen LogP) is 4.44. The fraction of sp³-hybridized carbons (Fsp3) is 0.611. The van der Waals surface area contributed by atoms with Crippen LogP contribution in [0.15, 0.2) is 24.3 Å². The molecule has 1 fully saturated rings. The first-order valence-electron chi connectivity index (χ1n) is 8.23. The third-order valence-electron chi connectivity index (χ3n) is 4.39. The number of Topliss-reactive ketones (excluding diaryl/α,β-unsaturated/α-hetero) is 1. The summed E-state index contributed by atoms with van der Waals surface area (Å²) in [6.07, 6.45) is 7.89. The summed E-state index contributed by atoms with van der Waals surface area (Å²) in [5.41, 5.74) is 0.625. The van der Waals surface area contributed by atoms with Gasteiger partial charge in [0.25, 0.3) is 0 Å². The van der Waals surface area contributed by atoms with Crippen molar-refractivity contribution in [3.63, 3.8) is 0 Å². The molecule has 1 unspecified atom stereocenters. The van der Waals surface area contributed by atoms with E-state index in [4.69, 9.17) is 0 Å². The molecule has 1 saturated heterocycles. The molecular weight excluding hydrogens is 265 g/mol. The van der Waals surface area contributed by atoms with Crippen molar-refractivity contribution in [2.45, 2.75) is 57.9 Å². The van der Waals surface area contributed by atoms with Gasteiger partial charge in [-0.1, -0.05) is 19.8 Å². The fourth-order valence-electron chi connectivity index (χ4n) is 3.24. The molecular formula is C18H26FNO. The van der Waals surface area contributed by atoms with Crippen LogP contribution in [0.25, 0.3) is 0 Å². The van der Waals surface area contributed by atoms with Gasteiger partial charge in [0.15, 0.2) is 5.78 Å². The Morgan fingerprint density at radius 3 is 2.76 bits per heavy atom. The summed E-state index contributed by atoms with van der Waals surface area (Å²) < 4.78 is 12.8. The average molecular weight is 291 g/mol. The second-order valence-corrected chi connectivity index (χ2v) is 6.01. The molecule has 1 heterocycles. The highest BCUT2D eigenvalue weighted by Gasteiger charge is 2.21. The Morgan fingerprint density at radius 1 is 1.29 bits per heavy atom. The van der Waals surface area contributed by atoms with Crippen molar-refractivity contribution in [1.82, 2.24) is 4.90 Å². The summed E-state index contributed by atoms with van der Waals surface area (Å²) in [4.78, 5) is 14.6. The molecule has 0 amide bonds. The lowest BCUT2D eigenvalue weighted by atomic mass is 9.97. The summed E-state index contributed by atoms with van der Waals surface area (Å²) in [6, 6.07) is 6.59. The van der Waals surface area contributed by atoms with Crippen LogP contribution in [0.4, 0.5) is 4.39 Å². The van der Waals surface area contributed by atoms with Gasteiger partial charge in [0, 0.05) is 18.0 Å². The van der Waals surface area contributed by atoms with Crippen LogP contribution in [0.2, 0.25) is 0 Å². The summed E-state index contributed by atoms with van der Waals surface area (Å²) in [6.45, 7) is 4.43. The molecule has 0 aliphatic carbocycles. The van der Waals surface area contributed by atoms with E-state index >= 15 is 0 Å². The molecule has 0 bridgehead atoms. The molecule has 0 saturated carbocycles. The minimum Gasteiger partial charge on any atom is -0.300 e. The molecule has 3 heteroatoms. The Morgan fingerprint density at radius 2 is 2.05 bits per heavy atom. The molecule has 0 radical (unpaired) electrons. The molecule has 1 aromatic carbocycles. The zero-order valence-corrected chi connectivity index (χ0v) is 13.0. The zero-order valence-electron chi connectivity index (χ0n) is 13.0. The number of benzene rings is 1. The van der Waals surface area contributed by atoms with Gasteiger partial charge in [0.2, 0.25) is 0 Å². The van der Waals surface area contributed by atoms with Crippen LogP contribution in [-0.4, -0.2) is 29.8 Å². The number of carbonyl (C=O) groups excluding carboxylic acids is 1. The molecule has 1 aliphatic rings. The van der Waals surface area contributed by atoms with Crippen molar-refractivity contribution >= 4 is 5.78 Å². The number of nitrogens with zero attached hydrogens (tertiary/aromatic N) is 1. The molecule has 1 aliphatic heterocycles. The van der Waals surface area contributed by atoms with E-state index in [1.165, 1.54) is 50.8 Å². The monoisotopic (exact) mass is 291 g/mol. The molecule has 0 aromatic heterocycles. The highest BCUT2D eigenvalue weighted by Crippen LogP contribution is 2.21. The van der Waals surface area contributed by atoms with Gasteiger partial charge in [-0.3, -0.25) is 4.79 Å². The molecule has 2 nitrogen and oxygen atoms in total. The largest absolute Gasteiger partial charge is 0.300 e. The third-order valence-corrected chi connectivity index (χ3v) is 4.39. The topological polar surface area (TPSA) is 20.3 Å². The first kappa shape index (κ1) is 16.2. The number of rotatable bonds is 7. The molecule has 116 valence electrons. The lowest BCUT2D eigenvalue weighted by molar-refractivity contribution is 0.0957. The second-order valence-electron chi connectivity index (χ2n) is 6.01. The number of likely N-dealkylation sites (tertiary alicyclic amines) is 1. The number of piperidine rings is 1. The Kier molecular flexibility index (Phi) is 6.37. The molecule has 0 N–H and O–H groups in total. The maximum atomic E-state index is 12.8. The van der Waals surface area contributed by atoms with E-state index in [-0.39, 0.29) is 11.6 Å². The second kappa shape index (κ2) is 8.28. The van der Waals surface area contributed by atoms with Crippen LogP contribution in [-0.2, 0) is 0 Å². The van der Waals surface area contributed by atoms with Crippen LogP contribution in [0, 0.1) is 5.82 Å². The standard InChI is InChI=1S/C18H26FNO/c1-2-6-17-7-3-4-13-20(17)14-5-8-18(21)15-9-11-16(19)12-10-15/h9-12,17H,2-8,13-14H2,1H3. The van der Waals surface area contributed by atoms with Gasteiger partial charge >= 0.3 is 0 Å². The Bertz CT molecular complexity index is 441. The van der Waals surface area contributed by atoms with Gasteiger partial charge in [0.05, 0.1) is 0 Å². The number of ketones is 1. The highest BCUT2D eigenvalue weighted by molar-refractivity contribution is 5.95. The van der Waals surface area contributed by atoms with Crippen molar-refractivity contribution in [2.75, 3.05) is 13.1 Å². The summed E-state index contributed by atoms with van der Waals surface area (Å²) in [5, 5.41) is 0. The van der Waals surface area contributed by atoms with Crippen molar-refractivity contribution in [2.24, 2.45) is 0 Å². The quantitative estimate of drug-likeness (QED) is 0.692. The summed E-state index contributed by atoms with van der Waals surface area (Å²) in [7, 11) is 0. The summed E-state index contributed by atoms with van der Waals surface area (Å²) >= 11 is 0. The van der Waals surface area contributed by atoms with Gasteiger partial charge in [-0.05, 0) is 63.0 Å². The third kappa shape index (κ3) is 4.92. The minimum absolute atomic E-state index is 0.124. The Balaban J connectivity index is 1.77. The van der Waals surface area contributed by atoms with E-state index < -0.39 is 0 Å². The van der Waals surface area contributed by atoms with Gasteiger partial charge in [-0.15, -0.1) is 0 Å². The van der Waals surface area contributed by atoms with E-state index in [2.05, 4.69) is 11.8 Å². The van der Waals surface area contributed by atoms with E-state index in [1.54, 1.807) is 12.1 Å². The molecule has 2 rings (SSSR count). The van der Waals surface area contributed by atoms with Crippen molar-refractivity contribution in [3.8, 4) is 0 Å². The molecule has 1 aromatic rings. The number of hydrogen-bond acceptors (Lipinski definition) is 2. The van der Waals surface area contributed by atoms with Gasteiger partial charge in [-0.25, -0.2) is 4.39 Å². The van der Waals surface area contributed by atoms with Gasteiger partial charge < -0.3 is 4.90 Å². The fourth-order valence-corrected chi connectivity index (χ4v) is 3.24. The summed E-state index contributed by atoms with van der Waals surface area (Å²) in [5.74, 6) is -0.165. The van der Waals surface area contributed by atoms with Crippen molar-refractivity contribution in [3.05, 3.63) is 35.6 Å². The highest BCUT2D eigenvalue weighted by atomic mass is 19.1. The average Bonchev–Trinajstić information content (AvgIpc) is 2.50. The SMILES string of the molecule is CCCC1CCCCN1CCCC(=O)c1ccc(F)cc1. The van der Waals surface area contributed by atoms with E-state index in [9.17, 15) is 9.18 Å². The first-order chi connectivity index (χ1) is 10.2. The minimum atomic E-state index is -0.290. The predicted molar refractivity (Wildman–Crippen MR) is 84.1 cm³/mol. The number of halogens is 1. The lowest BCUT2D eigenvalue weighted by Gasteiger charge is -2.35. The smallest absolute Gasteiger partial charge is 0.162 e. The maximum Gasteiger partial charge on any atom is 0.162 e. The van der Waals surface area contributed by atoms with E-state index in [1.807, 2.05) is 0 Å². The molecule has 1 atom stereocenters. The Labute approximate surface area is 127 Å². The van der Waals surface area contributed by atoms with Gasteiger partial charge in [-0.2, -0.15) is 0 Å². The van der Waals surface area contributed by atoms with Gasteiger partial charge in [0.1, 0.15) is 5.82 Å². The number of carbonyl (C=O) groups is 1. The van der Waals surface area contributed by atoms with E-state index in [0.29, 0.717) is 18.0 Å². The maximum absolute atomic E-state index is 12.8. The zero-order chi connectivity index (χ0) is 15.1. The molecule has 0 spiro atoms. The molecule has 21 heavy (non-hydrogen) atoms. The Hall–Kier alpha value is -1.22. The van der Waals surface area contributed by atoms with Crippen LogP contribution in [0.5, 0.6) is 0 Å². The van der Waals surface area contributed by atoms with Crippen LogP contribution < -0.4 is 0 Å².